The van der Waals surface area contributed by atoms with E-state index in [1.807, 2.05) is 20.8 Å². The third kappa shape index (κ3) is 6.38. The van der Waals surface area contributed by atoms with Crippen molar-refractivity contribution in [1.82, 2.24) is 0 Å². The zero-order valence-electron chi connectivity index (χ0n) is 11.8. The second-order valence-corrected chi connectivity index (χ2v) is 8.05. The minimum atomic E-state index is -3.11. The van der Waals surface area contributed by atoms with Gasteiger partial charge in [0.2, 0.25) is 0 Å². The smallest absolute Gasteiger partial charge is 0.338 e. The molecule has 0 aliphatic rings. The lowest BCUT2D eigenvalue weighted by molar-refractivity contribution is 0.0367. The summed E-state index contributed by atoms with van der Waals surface area (Å²) < 4.78 is 27.6. The van der Waals surface area contributed by atoms with Crippen molar-refractivity contribution in [3.63, 3.8) is 0 Å². The van der Waals surface area contributed by atoms with Crippen LogP contribution in [0.15, 0.2) is 24.3 Å². The van der Waals surface area contributed by atoms with E-state index in [1.165, 1.54) is 0 Å². The Bertz CT molecular complexity index is 553. The van der Waals surface area contributed by atoms with Gasteiger partial charge in [-0.3, -0.25) is 0 Å². The highest BCUT2D eigenvalue weighted by atomic mass is 32.2. The average molecular weight is 284 g/mol. The van der Waals surface area contributed by atoms with Gasteiger partial charge in [0.25, 0.3) is 0 Å². The fourth-order valence-corrected chi connectivity index (χ4v) is 2.24. The van der Waals surface area contributed by atoms with Crippen molar-refractivity contribution < 1.29 is 17.9 Å². The molecule has 4 nitrogen and oxygen atoms in total. The largest absolute Gasteiger partial charge is 0.462 e. The Labute approximate surface area is 114 Å². The van der Waals surface area contributed by atoms with Crippen molar-refractivity contribution in [2.24, 2.45) is 5.41 Å². The molecule has 0 atom stereocenters. The Morgan fingerprint density at radius 2 is 1.89 bits per heavy atom. The maximum absolute atomic E-state index is 11.8. The van der Waals surface area contributed by atoms with Gasteiger partial charge in [-0.1, -0.05) is 32.9 Å². The maximum atomic E-state index is 11.8. The number of carbonyl (C=O) groups is 1. The summed E-state index contributed by atoms with van der Waals surface area (Å²) in [6.07, 6.45) is 1.16. The summed E-state index contributed by atoms with van der Waals surface area (Å²) in [5.41, 5.74) is 0.873. The Morgan fingerprint density at radius 3 is 2.42 bits per heavy atom. The van der Waals surface area contributed by atoms with Crippen LogP contribution in [-0.2, 0) is 20.3 Å². The molecule has 1 aromatic rings. The molecule has 5 heteroatoms. The van der Waals surface area contributed by atoms with E-state index in [0.29, 0.717) is 17.7 Å². The van der Waals surface area contributed by atoms with Crippen molar-refractivity contribution in [3.05, 3.63) is 35.4 Å². The van der Waals surface area contributed by atoms with E-state index in [4.69, 9.17) is 4.74 Å². The van der Waals surface area contributed by atoms with Gasteiger partial charge in [0, 0.05) is 6.26 Å². The van der Waals surface area contributed by atoms with Gasteiger partial charge in [0.15, 0.2) is 9.84 Å². The summed E-state index contributed by atoms with van der Waals surface area (Å²) >= 11 is 0. The van der Waals surface area contributed by atoms with Crippen LogP contribution >= 0.6 is 0 Å². The molecule has 0 N–H and O–H groups in total. The maximum Gasteiger partial charge on any atom is 0.338 e. The van der Waals surface area contributed by atoms with Crippen LogP contribution < -0.4 is 0 Å². The lowest BCUT2D eigenvalue weighted by Crippen LogP contribution is -2.18. The molecule has 106 valence electrons. The first kappa shape index (κ1) is 15.7. The third-order valence-electron chi connectivity index (χ3n) is 2.23. The fourth-order valence-electron chi connectivity index (χ4n) is 1.46. The van der Waals surface area contributed by atoms with Crippen LogP contribution in [0, 0.1) is 5.41 Å². The predicted octanol–water partition coefficient (Wildman–Crippen LogP) is 2.43. The second-order valence-electron chi connectivity index (χ2n) is 5.91. The van der Waals surface area contributed by atoms with Crippen LogP contribution in [0.1, 0.15) is 36.7 Å². The minimum absolute atomic E-state index is 0.0760. The van der Waals surface area contributed by atoms with Crippen molar-refractivity contribution >= 4 is 15.8 Å². The van der Waals surface area contributed by atoms with E-state index >= 15 is 0 Å². The van der Waals surface area contributed by atoms with Crippen LogP contribution in [0.4, 0.5) is 0 Å². The average Bonchev–Trinajstić information content (AvgIpc) is 2.23. The molecule has 0 saturated carbocycles. The molecular formula is C14H20O4S. The third-order valence-corrected chi connectivity index (χ3v) is 3.09. The summed E-state index contributed by atoms with van der Waals surface area (Å²) in [6, 6.07) is 6.53. The summed E-state index contributed by atoms with van der Waals surface area (Å²) in [5, 5.41) is 0. The number of carbonyl (C=O) groups excluding carboxylic acids is 1. The summed E-state index contributed by atoms with van der Waals surface area (Å²) in [7, 11) is -3.11. The van der Waals surface area contributed by atoms with Crippen LogP contribution in [0.3, 0.4) is 0 Å². The molecule has 0 radical (unpaired) electrons. The molecule has 0 aliphatic carbocycles. The lowest BCUT2D eigenvalue weighted by atomic mass is 9.99. The first-order valence-corrected chi connectivity index (χ1v) is 8.07. The standard InChI is InChI=1S/C14H20O4S/c1-14(2,3)10-18-13(15)12-7-5-6-11(8-12)9-19(4,16)17/h5-8H,9-10H2,1-4H3. The molecule has 0 aromatic heterocycles. The Kier molecular flexibility index (Phi) is 4.74. The van der Waals surface area contributed by atoms with Crippen molar-refractivity contribution in [2.75, 3.05) is 12.9 Å². The summed E-state index contributed by atoms with van der Waals surface area (Å²) in [6.45, 7) is 6.24. The summed E-state index contributed by atoms with van der Waals surface area (Å²) in [5.74, 6) is -0.502. The van der Waals surface area contributed by atoms with Gasteiger partial charge < -0.3 is 4.74 Å². The van der Waals surface area contributed by atoms with Gasteiger partial charge in [-0.05, 0) is 23.1 Å². The molecule has 0 unspecified atom stereocenters. The highest BCUT2D eigenvalue weighted by Gasteiger charge is 2.15. The molecule has 0 fully saturated rings. The highest BCUT2D eigenvalue weighted by Crippen LogP contribution is 2.15. The minimum Gasteiger partial charge on any atom is -0.462 e. The van der Waals surface area contributed by atoms with E-state index in [1.54, 1.807) is 24.3 Å². The number of benzene rings is 1. The zero-order valence-corrected chi connectivity index (χ0v) is 12.6. The number of ether oxygens (including phenoxy) is 1. The van der Waals surface area contributed by atoms with Gasteiger partial charge >= 0.3 is 5.97 Å². The first-order chi connectivity index (χ1) is 8.57. The SMILES string of the molecule is CC(C)(C)COC(=O)c1cccc(CS(C)(=O)=O)c1. The monoisotopic (exact) mass is 284 g/mol. The number of sulfone groups is 1. The van der Waals surface area contributed by atoms with Crippen molar-refractivity contribution in [3.8, 4) is 0 Å². The molecular weight excluding hydrogens is 264 g/mol. The lowest BCUT2D eigenvalue weighted by Gasteiger charge is -2.17. The van der Waals surface area contributed by atoms with Gasteiger partial charge in [0.1, 0.15) is 0 Å². The molecule has 0 amide bonds. The topological polar surface area (TPSA) is 60.4 Å². The molecule has 0 heterocycles. The number of esters is 1. The Hall–Kier alpha value is -1.36. The molecule has 0 bridgehead atoms. The highest BCUT2D eigenvalue weighted by molar-refractivity contribution is 7.89. The molecule has 1 rings (SSSR count). The van der Waals surface area contributed by atoms with E-state index < -0.39 is 15.8 Å². The molecule has 1 aromatic carbocycles. The van der Waals surface area contributed by atoms with Gasteiger partial charge in [0.05, 0.1) is 17.9 Å². The quantitative estimate of drug-likeness (QED) is 0.797. The van der Waals surface area contributed by atoms with Crippen LogP contribution in [0.25, 0.3) is 0 Å². The van der Waals surface area contributed by atoms with E-state index in [-0.39, 0.29) is 11.2 Å². The molecule has 0 spiro atoms. The fraction of sp³-hybridized carbons (Fsp3) is 0.500. The van der Waals surface area contributed by atoms with E-state index in [0.717, 1.165) is 6.26 Å². The number of hydrogen-bond donors (Lipinski definition) is 0. The van der Waals surface area contributed by atoms with Gasteiger partial charge in [-0.25, -0.2) is 13.2 Å². The van der Waals surface area contributed by atoms with E-state index in [2.05, 4.69) is 0 Å². The Balaban J connectivity index is 2.79. The molecule has 0 saturated heterocycles. The first-order valence-electron chi connectivity index (χ1n) is 6.01. The number of hydrogen-bond acceptors (Lipinski definition) is 4. The van der Waals surface area contributed by atoms with Crippen LogP contribution in [-0.4, -0.2) is 27.2 Å². The number of rotatable bonds is 4. The van der Waals surface area contributed by atoms with E-state index in [9.17, 15) is 13.2 Å². The van der Waals surface area contributed by atoms with Crippen LogP contribution in [0.5, 0.6) is 0 Å². The Morgan fingerprint density at radius 1 is 1.26 bits per heavy atom. The zero-order chi connectivity index (χ0) is 14.7. The molecule has 19 heavy (non-hydrogen) atoms. The molecule has 0 aliphatic heterocycles. The van der Waals surface area contributed by atoms with Crippen molar-refractivity contribution in [1.29, 1.82) is 0 Å². The van der Waals surface area contributed by atoms with Gasteiger partial charge in [-0.15, -0.1) is 0 Å². The second kappa shape index (κ2) is 5.74. The van der Waals surface area contributed by atoms with Crippen LogP contribution in [0.2, 0.25) is 0 Å². The van der Waals surface area contributed by atoms with Crippen molar-refractivity contribution in [2.45, 2.75) is 26.5 Å². The predicted molar refractivity (Wildman–Crippen MR) is 74.7 cm³/mol. The van der Waals surface area contributed by atoms with Gasteiger partial charge in [-0.2, -0.15) is 0 Å². The normalized spacial score (nSPS) is 12.2. The summed E-state index contributed by atoms with van der Waals surface area (Å²) in [4.78, 5) is 11.8.